The molecule has 0 saturated carbocycles. The molecule has 35 heavy (non-hydrogen) atoms. The number of carboxylic acid groups (broad SMARTS) is 1. The van der Waals surface area contributed by atoms with E-state index in [1.165, 1.54) is 7.11 Å². The molecular formula is C26H28N4O4S. The van der Waals surface area contributed by atoms with Crippen LogP contribution >= 0.6 is 12.2 Å². The van der Waals surface area contributed by atoms with E-state index in [1.807, 2.05) is 48.7 Å². The molecule has 182 valence electrons. The number of esters is 1. The van der Waals surface area contributed by atoms with E-state index in [0.717, 1.165) is 22.6 Å². The number of benzene rings is 1. The number of para-hydroxylation sites is 1. The SMILES string of the molecule is COC(=O)CCCN1C(=S)N[C@@H](c2ccccn2)[C@@H]1c1cc(C)n(-c2ccccc2C(=O)O)c1C. The number of rotatable bonds is 8. The summed E-state index contributed by atoms with van der Waals surface area (Å²) in [7, 11) is 1.38. The minimum Gasteiger partial charge on any atom is -0.478 e. The molecule has 0 radical (unpaired) electrons. The number of aryl methyl sites for hydroxylation is 1. The van der Waals surface area contributed by atoms with Gasteiger partial charge >= 0.3 is 11.9 Å². The van der Waals surface area contributed by atoms with Crippen LogP contribution in [0.5, 0.6) is 0 Å². The number of hydrogen-bond acceptors (Lipinski definition) is 5. The molecule has 1 aromatic carbocycles. The quantitative estimate of drug-likeness (QED) is 0.358. The molecule has 2 N–H and O–H groups in total. The van der Waals surface area contributed by atoms with Gasteiger partial charge in [-0.25, -0.2) is 4.79 Å². The summed E-state index contributed by atoms with van der Waals surface area (Å²) in [6.07, 6.45) is 2.63. The Morgan fingerprint density at radius 2 is 1.91 bits per heavy atom. The number of nitrogens with one attached hydrogen (secondary N) is 1. The van der Waals surface area contributed by atoms with Crippen LogP contribution in [0, 0.1) is 13.8 Å². The van der Waals surface area contributed by atoms with Crippen LogP contribution in [0.15, 0.2) is 54.7 Å². The van der Waals surface area contributed by atoms with Gasteiger partial charge < -0.3 is 24.6 Å². The van der Waals surface area contributed by atoms with Gasteiger partial charge in [-0.2, -0.15) is 0 Å². The van der Waals surface area contributed by atoms with Crippen LogP contribution in [-0.2, 0) is 9.53 Å². The molecule has 0 amide bonds. The molecule has 1 fully saturated rings. The maximum atomic E-state index is 11.9. The average molecular weight is 493 g/mol. The van der Waals surface area contributed by atoms with Crippen molar-refractivity contribution in [1.82, 2.24) is 19.8 Å². The van der Waals surface area contributed by atoms with E-state index in [0.29, 0.717) is 30.2 Å². The standard InChI is InChI=1S/C26H28N4O4S/c1-16-15-19(17(2)30(16)21-11-5-4-9-18(21)25(32)33)24-23(20-10-6-7-13-27-20)28-26(35)29(24)14-8-12-22(31)34-3/h4-7,9-11,13,15,23-24H,8,12,14H2,1-3H3,(H,28,35)(H,32,33)/t23-,24-/m0/s1. The Labute approximate surface area is 209 Å². The van der Waals surface area contributed by atoms with Gasteiger partial charge in [-0.05, 0) is 68.4 Å². The van der Waals surface area contributed by atoms with E-state index in [4.69, 9.17) is 17.0 Å². The molecule has 3 aromatic rings. The topological polar surface area (TPSA) is 96.7 Å². The molecule has 2 aromatic heterocycles. The van der Waals surface area contributed by atoms with E-state index in [-0.39, 0.29) is 23.6 Å². The molecule has 0 bridgehead atoms. The second kappa shape index (κ2) is 10.3. The fourth-order valence-electron chi connectivity index (χ4n) is 4.79. The van der Waals surface area contributed by atoms with Gasteiger partial charge in [0.2, 0.25) is 0 Å². The molecule has 3 heterocycles. The van der Waals surface area contributed by atoms with Crippen LogP contribution in [0.1, 0.15) is 57.9 Å². The van der Waals surface area contributed by atoms with Crippen molar-refractivity contribution in [2.75, 3.05) is 13.7 Å². The third-order valence-electron chi connectivity index (χ3n) is 6.37. The maximum Gasteiger partial charge on any atom is 0.337 e. The fraction of sp³-hybridized carbons (Fsp3) is 0.308. The summed E-state index contributed by atoms with van der Waals surface area (Å²) in [6, 6.07) is 14.4. The number of ether oxygens (including phenoxy) is 1. The van der Waals surface area contributed by atoms with Gasteiger partial charge in [-0.15, -0.1) is 0 Å². The Bertz CT molecular complexity index is 1260. The Balaban J connectivity index is 1.79. The number of nitrogens with zero attached hydrogens (tertiary/aromatic N) is 3. The number of methoxy groups -OCH3 is 1. The molecule has 0 spiro atoms. The molecule has 1 aliphatic heterocycles. The lowest BCUT2D eigenvalue weighted by Crippen LogP contribution is -2.31. The number of carbonyl (C=O) groups excluding carboxylic acids is 1. The predicted octanol–water partition coefficient (Wildman–Crippen LogP) is 4.11. The fourth-order valence-corrected chi connectivity index (χ4v) is 5.12. The van der Waals surface area contributed by atoms with Crippen molar-refractivity contribution in [3.63, 3.8) is 0 Å². The van der Waals surface area contributed by atoms with E-state index in [9.17, 15) is 14.7 Å². The van der Waals surface area contributed by atoms with Crippen LogP contribution in [0.4, 0.5) is 0 Å². The molecule has 1 saturated heterocycles. The van der Waals surface area contributed by atoms with Gasteiger partial charge in [0.1, 0.15) is 0 Å². The second-order valence-corrected chi connectivity index (χ2v) is 8.87. The van der Waals surface area contributed by atoms with Crippen molar-refractivity contribution in [2.45, 2.75) is 38.8 Å². The summed E-state index contributed by atoms with van der Waals surface area (Å²) in [4.78, 5) is 30.3. The third kappa shape index (κ3) is 4.77. The zero-order valence-electron chi connectivity index (χ0n) is 19.9. The monoisotopic (exact) mass is 492 g/mol. The lowest BCUT2D eigenvalue weighted by molar-refractivity contribution is -0.140. The Hall–Kier alpha value is -3.72. The van der Waals surface area contributed by atoms with Crippen molar-refractivity contribution < 1.29 is 19.4 Å². The predicted molar refractivity (Wildman–Crippen MR) is 136 cm³/mol. The van der Waals surface area contributed by atoms with E-state index in [2.05, 4.69) is 21.3 Å². The highest BCUT2D eigenvalue weighted by Gasteiger charge is 2.41. The summed E-state index contributed by atoms with van der Waals surface area (Å²) in [6.45, 7) is 4.52. The summed E-state index contributed by atoms with van der Waals surface area (Å²) in [5.74, 6) is -1.24. The molecule has 4 rings (SSSR count). The minimum atomic E-state index is -0.978. The van der Waals surface area contributed by atoms with Crippen molar-refractivity contribution in [2.24, 2.45) is 0 Å². The number of carbonyl (C=O) groups is 2. The summed E-state index contributed by atoms with van der Waals surface area (Å²) < 4.78 is 6.77. The zero-order valence-corrected chi connectivity index (χ0v) is 20.7. The first-order chi connectivity index (χ1) is 16.8. The van der Waals surface area contributed by atoms with E-state index in [1.54, 1.807) is 18.3 Å². The highest BCUT2D eigenvalue weighted by molar-refractivity contribution is 7.80. The molecule has 2 atom stereocenters. The molecular weight excluding hydrogens is 464 g/mol. The molecule has 9 heteroatoms. The van der Waals surface area contributed by atoms with Crippen LogP contribution in [-0.4, -0.2) is 50.3 Å². The van der Waals surface area contributed by atoms with Crippen LogP contribution in [0.2, 0.25) is 0 Å². The normalized spacial score (nSPS) is 17.3. The Morgan fingerprint density at radius 1 is 1.17 bits per heavy atom. The number of aromatic nitrogens is 2. The molecule has 0 aliphatic carbocycles. The third-order valence-corrected chi connectivity index (χ3v) is 6.72. The smallest absolute Gasteiger partial charge is 0.337 e. The van der Waals surface area contributed by atoms with Gasteiger partial charge in [0.25, 0.3) is 0 Å². The lowest BCUT2D eigenvalue weighted by Gasteiger charge is -2.28. The maximum absolute atomic E-state index is 11.9. The van der Waals surface area contributed by atoms with Gasteiger partial charge in [0.05, 0.1) is 36.1 Å². The summed E-state index contributed by atoms with van der Waals surface area (Å²) in [5, 5.41) is 13.8. The minimum absolute atomic E-state index is 0.188. The molecule has 1 aliphatic rings. The lowest BCUT2D eigenvalue weighted by atomic mass is 9.96. The van der Waals surface area contributed by atoms with Gasteiger partial charge in [0.15, 0.2) is 5.11 Å². The van der Waals surface area contributed by atoms with E-state index >= 15 is 0 Å². The molecule has 0 unspecified atom stereocenters. The summed E-state index contributed by atoms with van der Waals surface area (Å²) in [5.41, 5.74) is 4.55. The number of thiocarbonyl (C=S) groups is 1. The van der Waals surface area contributed by atoms with Crippen molar-refractivity contribution in [3.05, 3.63) is 82.9 Å². The first kappa shape index (κ1) is 24.4. The van der Waals surface area contributed by atoms with E-state index < -0.39 is 5.97 Å². The van der Waals surface area contributed by atoms with Gasteiger partial charge in [-0.3, -0.25) is 9.78 Å². The highest BCUT2D eigenvalue weighted by Crippen LogP contribution is 2.41. The van der Waals surface area contributed by atoms with Crippen LogP contribution in [0.25, 0.3) is 5.69 Å². The average Bonchev–Trinajstić information content (AvgIpc) is 3.34. The van der Waals surface area contributed by atoms with Gasteiger partial charge in [-0.1, -0.05) is 18.2 Å². The first-order valence-electron chi connectivity index (χ1n) is 11.4. The number of carboxylic acids is 1. The molecule has 8 nitrogen and oxygen atoms in total. The largest absolute Gasteiger partial charge is 0.478 e. The van der Waals surface area contributed by atoms with Crippen molar-refractivity contribution >= 4 is 29.3 Å². The summed E-state index contributed by atoms with van der Waals surface area (Å²) >= 11 is 5.72. The van der Waals surface area contributed by atoms with Crippen molar-refractivity contribution in [1.29, 1.82) is 0 Å². The first-order valence-corrected chi connectivity index (χ1v) is 11.8. The Morgan fingerprint density at radius 3 is 2.60 bits per heavy atom. The number of aromatic carboxylic acids is 1. The second-order valence-electron chi connectivity index (χ2n) is 8.48. The number of hydrogen-bond donors (Lipinski definition) is 2. The Kier molecular flexibility index (Phi) is 7.16. The highest BCUT2D eigenvalue weighted by atomic mass is 32.1. The van der Waals surface area contributed by atoms with Crippen molar-refractivity contribution in [3.8, 4) is 5.69 Å². The zero-order chi connectivity index (χ0) is 25.1. The number of pyridine rings is 1. The van der Waals surface area contributed by atoms with Crippen LogP contribution < -0.4 is 5.32 Å². The van der Waals surface area contributed by atoms with Gasteiger partial charge in [0, 0.05) is 30.6 Å². The van der Waals surface area contributed by atoms with Crippen LogP contribution in [0.3, 0.4) is 0 Å².